The van der Waals surface area contributed by atoms with E-state index in [1.54, 1.807) is 12.1 Å². The van der Waals surface area contributed by atoms with Gasteiger partial charge in [-0.15, -0.1) is 0 Å². The van der Waals surface area contributed by atoms with Crippen LogP contribution in [0.4, 0.5) is 17.6 Å². The summed E-state index contributed by atoms with van der Waals surface area (Å²) in [6, 6.07) is 27.4. The van der Waals surface area contributed by atoms with Gasteiger partial charge in [0.2, 0.25) is 0 Å². The Hall–Kier alpha value is -5.51. The zero-order valence-corrected chi connectivity index (χ0v) is 32.3. The SMILES string of the molecule is CC.CC(=O)O/N=C(\c1ccc(OCC(F)(F)C(F)F)cc1)c1cc2c3cc(C(=O)c4ccc(C)cc4C)ccc3n(CC3CCCCC3)c2c2ccccc12. The summed E-state index contributed by atoms with van der Waals surface area (Å²) in [5.74, 6) is -4.58. The molecule has 0 unspecified atom stereocenters. The van der Waals surface area contributed by atoms with Crippen LogP contribution in [0.5, 0.6) is 5.75 Å². The standard InChI is InChI=1S/C44H40F4N2O4.C2H6/c1-26-13-19-33(27(2)21-26)42(52)31-16-20-39-36(22-31)38-23-37(34-11-7-8-12-35(34)41(38)50(39)24-29-9-5-4-6-10-29)40(49-54-28(3)51)30-14-17-32(18-15-30)53-25-44(47,48)43(45)46;1-2/h7-8,11-23,29,43H,4-6,9-10,24-25H2,1-3H3;1-2H3/b49-40+;. The van der Waals surface area contributed by atoms with E-state index >= 15 is 0 Å². The molecular formula is C46H46F4N2O4. The summed E-state index contributed by atoms with van der Waals surface area (Å²) < 4.78 is 60.0. The van der Waals surface area contributed by atoms with E-state index in [2.05, 4.69) is 9.72 Å². The maximum Gasteiger partial charge on any atom is 0.340 e. The van der Waals surface area contributed by atoms with Gasteiger partial charge in [0.05, 0.1) is 5.52 Å². The van der Waals surface area contributed by atoms with Gasteiger partial charge < -0.3 is 14.1 Å². The van der Waals surface area contributed by atoms with E-state index in [1.807, 2.05) is 94.4 Å². The summed E-state index contributed by atoms with van der Waals surface area (Å²) in [5.41, 5.74) is 6.55. The molecule has 0 N–H and O–H groups in total. The van der Waals surface area contributed by atoms with Crippen LogP contribution in [0.25, 0.3) is 32.6 Å². The topological polar surface area (TPSA) is 69.9 Å². The second-order valence-corrected chi connectivity index (χ2v) is 14.3. The summed E-state index contributed by atoms with van der Waals surface area (Å²) >= 11 is 0. The van der Waals surface area contributed by atoms with Crippen molar-refractivity contribution < 1.29 is 36.7 Å². The molecule has 0 amide bonds. The number of alkyl halides is 4. The number of ether oxygens (including phenoxy) is 1. The molecule has 0 radical (unpaired) electrons. The van der Waals surface area contributed by atoms with E-state index in [0.29, 0.717) is 28.2 Å². The zero-order valence-electron chi connectivity index (χ0n) is 32.3. The van der Waals surface area contributed by atoms with Crippen LogP contribution in [0.2, 0.25) is 0 Å². The third-order valence-corrected chi connectivity index (χ3v) is 10.3. The Morgan fingerprint density at radius 2 is 1.48 bits per heavy atom. The summed E-state index contributed by atoms with van der Waals surface area (Å²) in [6.45, 7) is 8.49. The lowest BCUT2D eigenvalue weighted by molar-refractivity contribution is -0.148. The van der Waals surface area contributed by atoms with Crippen molar-refractivity contribution in [2.75, 3.05) is 6.61 Å². The van der Waals surface area contributed by atoms with Gasteiger partial charge in [-0.3, -0.25) is 4.79 Å². The number of ketones is 1. The summed E-state index contributed by atoms with van der Waals surface area (Å²) in [5, 5.41) is 7.82. The van der Waals surface area contributed by atoms with Crippen molar-refractivity contribution in [3.05, 3.63) is 124 Å². The van der Waals surface area contributed by atoms with E-state index in [4.69, 9.17) is 9.57 Å². The fraction of sp³-hybridized carbons (Fsp3) is 0.326. The van der Waals surface area contributed by atoms with E-state index < -0.39 is 24.9 Å². The Balaban J connectivity index is 0.00000262. The Kier molecular flexibility index (Phi) is 12.3. The first-order chi connectivity index (χ1) is 26.9. The molecule has 6 nitrogen and oxygen atoms in total. The summed E-state index contributed by atoms with van der Waals surface area (Å²) in [6.07, 6.45) is 2.03. The van der Waals surface area contributed by atoms with Crippen LogP contribution < -0.4 is 4.74 Å². The van der Waals surface area contributed by atoms with E-state index in [1.165, 1.54) is 38.3 Å². The van der Waals surface area contributed by atoms with Crippen molar-refractivity contribution in [1.82, 2.24) is 4.57 Å². The largest absolute Gasteiger partial charge is 0.487 e. The molecule has 56 heavy (non-hydrogen) atoms. The summed E-state index contributed by atoms with van der Waals surface area (Å²) in [7, 11) is 0. The van der Waals surface area contributed by atoms with Gasteiger partial charge in [-0.25, -0.2) is 13.6 Å². The van der Waals surface area contributed by atoms with Gasteiger partial charge in [-0.05, 0) is 92.1 Å². The number of benzene rings is 5. The van der Waals surface area contributed by atoms with Gasteiger partial charge in [-0.2, -0.15) is 8.78 Å². The maximum atomic E-state index is 14.0. The molecular weight excluding hydrogens is 721 g/mol. The third kappa shape index (κ3) is 8.34. The molecule has 0 saturated heterocycles. The van der Waals surface area contributed by atoms with Crippen LogP contribution in [0.1, 0.15) is 91.1 Å². The summed E-state index contributed by atoms with van der Waals surface area (Å²) in [4.78, 5) is 31.3. The lowest BCUT2D eigenvalue weighted by atomic mass is 9.89. The molecule has 5 aromatic carbocycles. The molecule has 1 fully saturated rings. The molecule has 0 atom stereocenters. The highest BCUT2D eigenvalue weighted by Gasteiger charge is 2.41. The Morgan fingerprint density at radius 3 is 2.14 bits per heavy atom. The molecule has 0 bridgehead atoms. The first-order valence-electron chi connectivity index (χ1n) is 19.2. The Bertz CT molecular complexity index is 2410. The first kappa shape index (κ1) is 40.2. The molecule has 1 aliphatic rings. The van der Waals surface area contributed by atoms with Gasteiger partial charge in [0.1, 0.15) is 11.5 Å². The molecule has 7 rings (SSSR count). The van der Waals surface area contributed by atoms with Crippen molar-refractivity contribution in [2.24, 2.45) is 11.1 Å². The van der Waals surface area contributed by atoms with Gasteiger partial charge in [0.25, 0.3) is 0 Å². The number of aryl methyl sites for hydroxylation is 2. The molecule has 1 aromatic heterocycles. The van der Waals surface area contributed by atoms with Crippen molar-refractivity contribution in [2.45, 2.75) is 85.6 Å². The minimum Gasteiger partial charge on any atom is -0.487 e. The average Bonchev–Trinajstić information content (AvgIpc) is 3.50. The van der Waals surface area contributed by atoms with Gasteiger partial charge in [0.15, 0.2) is 12.4 Å². The molecule has 1 saturated carbocycles. The number of hydrogen-bond acceptors (Lipinski definition) is 5. The quantitative estimate of drug-likeness (QED) is 0.0433. The smallest absolute Gasteiger partial charge is 0.340 e. The molecule has 1 aliphatic carbocycles. The maximum absolute atomic E-state index is 14.0. The minimum atomic E-state index is -4.31. The second-order valence-electron chi connectivity index (χ2n) is 14.3. The zero-order chi connectivity index (χ0) is 40.1. The van der Waals surface area contributed by atoms with Gasteiger partial charge in [0, 0.05) is 57.4 Å². The Morgan fingerprint density at radius 1 is 0.804 bits per heavy atom. The van der Waals surface area contributed by atoms with Crippen LogP contribution in [-0.2, 0) is 16.2 Å². The fourth-order valence-corrected chi connectivity index (χ4v) is 7.66. The number of rotatable bonds is 11. The highest BCUT2D eigenvalue weighted by Crippen LogP contribution is 2.40. The minimum absolute atomic E-state index is 0.0435. The van der Waals surface area contributed by atoms with Crippen LogP contribution in [0, 0.1) is 19.8 Å². The Labute approximate surface area is 324 Å². The molecule has 10 heteroatoms. The monoisotopic (exact) mass is 766 g/mol. The predicted molar refractivity (Wildman–Crippen MR) is 215 cm³/mol. The van der Waals surface area contributed by atoms with E-state index in [9.17, 15) is 27.2 Å². The molecule has 1 heterocycles. The number of carbonyl (C=O) groups excluding carboxylic acids is 2. The lowest BCUT2D eigenvalue weighted by Crippen LogP contribution is -2.33. The lowest BCUT2D eigenvalue weighted by Gasteiger charge is -2.23. The molecule has 6 aromatic rings. The van der Waals surface area contributed by atoms with E-state index in [0.717, 1.165) is 63.1 Å². The highest BCUT2D eigenvalue weighted by molar-refractivity contribution is 6.27. The number of carbonyl (C=O) groups is 2. The van der Waals surface area contributed by atoms with Crippen LogP contribution in [-0.4, -0.2) is 41.0 Å². The third-order valence-electron chi connectivity index (χ3n) is 10.3. The number of fused-ring (bicyclic) bond motifs is 5. The predicted octanol–water partition coefficient (Wildman–Crippen LogP) is 12.0. The van der Waals surface area contributed by atoms with Crippen LogP contribution in [0.3, 0.4) is 0 Å². The second kappa shape index (κ2) is 17.1. The average molecular weight is 767 g/mol. The molecule has 292 valence electrons. The molecule has 0 aliphatic heterocycles. The normalized spacial score (nSPS) is 13.9. The van der Waals surface area contributed by atoms with Gasteiger partial charge in [-0.1, -0.05) is 86.3 Å². The van der Waals surface area contributed by atoms with Crippen LogP contribution in [0.15, 0.2) is 96.2 Å². The van der Waals surface area contributed by atoms with Crippen molar-refractivity contribution in [3.63, 3.8) is 0 Å². The van der Waals surface area contributed by atoms with Crippen molar-refractivity contribution in [3.8, 4) is 5.75 Å². The van der Waals surface area contributed by atoms with Gasteiger partial charge >= 0.3 is 18.3 Å². The van der Waals surface area contributed by atoms with Crippen molar-refractivity contribution >= 4 is 50.0 Å². The van der Waals surface area contributed by atoms with E-state index in [-0.39, 0.29) is 17.2 Å². The fourth-order valence-electron chi connectivity index (χ4n) is 7.66. The number of halogens is 4. The molecule has 0 spiro atoms. The first-order valence-corrected chi connectivity index (χ1v) is 19.2. The number of aromatic nitrogens is 1. The number of nitrogens with zero attached hydrogens (tertiary/aromatic N) is 2. The highest BCUT2D eigenvalue weighted by atomic mass is 19.3. The number of hydrogen-bond donors (Lipinski definition) is 0. The number of oxime groups is 1. The van der Waals surface area contributed by atoms with Crippen LogP contribution >= 0.6 is 0 Å². The van der Waals surface area contributed by atoms with Crippen molar-refractivity contribution in [1.29, 1.82) is 0 Å².